The molecule has 5 heteroatoms. The first-order chi connectivity index (χ1) is 9.67. The lowest BCUT2D eigenvalue weighted by Crippen LogP contribution is -2.24. The van der Waals surface area contributed by atoms with Crippen LogP contribution in [0.5, 0.6) is 0 Å². The van der Waals surface area contributed by atoms with Gasteiger partial charge in [0.2, 0.25) is 0 Å². The Hall–Kier alpha value is -0.450. The van der Waals surface area contributed by atoms with E-state index in [2.05, 4.69) is 46.7 Å². The van der Waals surface area contributed by atoms with Gasteiger partial charge in [-0.3, -0.25) is 0 Å². The van der Waals surface area contributed by atoms with Gasteiger partial charge in [-0.1, -0.05) is 32.4 Å². The molecule has 1 aliphatic heterocycles. The van der Waals surface area contributed by atoms with Gasteiger partial charge in [-0.25, -0.2) is 9.98 Å². The number of aliphatic hydroxyl groups excluding tert-OH is 1. The van der Waals surface area contributed by atoms with Crippen LogP contribution >= 0.6 is 27.5 Å². The maximum atomic E-state index is 9.93. The number of hydrogen-bond donors (Lipinski definition) is 1. The van der Waals surface area contributed by atoms with Crippen molar-refractivity contribution in [2.75, 3.05) is 0 Å². The maximum Gasteiger partial charge on any atom is 0.157 e. The quantitative estimate of drug-likeness (QED) is 0.752. The minimum absolute atomic E-state index is 0.167. The predicted molar refractivity (Wildman–Crippen MR) is 85.3 cm³/mol. The summed E-state index contributed by atoms with van der Waals surface area (Å²) in [4.78, 5) is 9.01. The molecule has 2 atom stereocenters. The number of halogens is 2. The van der Waals surface area contributed by atoms with Crippen LogP contribution in [0.15, 0.2) is 9.47 Å². The number of pyridine rings is 1. The van der Waals surface area contributed by atoms with Gasteiger partial charge in [0.15, 0.2) is 5.82 Å². The minimum Gasteiger partial charge on any atom is -0.393 e. The molecular weight excluding hydrogens is 340 g/mol. The van der Waals surface area contributed by atoms with E-state index in [9.17, 15) is 5.11 Å². The molecule has 0 unspecified atom stereocenters. The lowest BCUT2D eigenvalue weighted by molar-refractivity contribution is 0.179. The zero-order valence-electron chi connectivity index (χ0n) is 12.8. The fourth-order valence-corrected chi connectivity index (χ4v) is 4.33. The maximum absolute atomic E-state index is 9.93. The third-order valence-corrected chi connectivity index (χ3v) is 5.49. The van der Waals surface area contributed by atoms with E-state index in [0.29, 0.717) is 30.1 Å². The van der Waals surface area contributed by atoms with E-state index in [1.165, 1.54) is 0 Å². The molecule has 0 radical (unpaired) electrons. The molecule has 1 spiro atoms. The average molecular weight is 359 g/mol. The molecule has 1 aliphatic carbocycles. The number of aromatic nitrogens is 1. The van der Waals surface area contributed by atoms with E-state index in [4.69, 9.17) is 13.0 Å². The Morgan fingerprint density at radius 3 is 2.80 bits per heavy atom. The van der Waals surface area contributed by atoms with Crippen molar-refractivity contribution in [1.82, 2.24) is 4.98 Å². The highest BCUT2D eigenvalue weighted by atomic mass is 79.9. The molecule has 2 heterocycles. The third-order valence-electron chi connectivity index (χ3n) is 4.11. The Kier molecular flexibility index (Phi) is 2.99. The second-order valence-electron chi connectivity index (χ2n) is 6.74. The Balaban J connectivity index is 2.24. The molecule has 0 aromatic carbocycles. The van der Waals surface area contributed by atoms with Crippen LogP contribution < -0.4 is 0 Å². The van der Waals surface area contributed by atoms with Gasteiger partial charge in [-0.05, 0) is 35.2 Å². The summed E-state index contributed by atoms with van der Waals surface area (Å²) in [5.74, 6) is 0.548. The Morgan fingerprint density at radius 1 is 1.55 bits per heavy atom. The summed E-state index contributed by atoms with van der Waals surface area (Å²) in [5.41, 5.74) is 0.932. The normalized spacial score (nSPS) is 29.6. The van der Waals surface area contributed by atoms with Crippen molar-refractivity contribution in [1.29, 1.82) is 0 Å². The third kappa shape index (κ3) is 2.04. The van der Waals surface area contributed by atoms with Crippen LogP contribution in [0.3, 0.4) is 0 Å². The molecule has 1 fully saturated rings. The van der Waals surface area contributed by atoms with Crippen molar-refractivity contribution < 1.29 is 6.48 Å². The molecule has 0 saturated heterocycles. The first-order valence-electron chi connectivity index (χ1n) is 7.30. The number of fused-ring (bicyclic) bond motifs is 2. The Labute approximate surface area is 134 Å². The Bertz CT molecular complexity index is 656. The molecule has 1 saturated carbocycles. The topological polar surface area (TPSA) is 45.5 Å². The van der Waals surface area contributed by atoms with E-state index < -0.39 is 11.5 Å². The summed E-state index contributed by atoms with van der Waals surface area (Å²) in [5, 5.41) is 10.5. The van der Waals surface area contributed by atoms with Gasteiger partial charge >= 0.3 is 0 Å². The molecule has 1 aromatic heterocycles. The molecule has 108 valence electrons. The van der Waals surface area contributed by atoms with Gasteiger partial charge in [0.25, 0.3) is 0 Å². The number of hydrogen-bond acceptors (Lipinski definition) is 3. The lowest BCUT2D eigenvalue weighted by atomic mass is 9.81. The van der Waals surface area contributed by atoms with E-state index in [1.54, 1.807) is 0 Å². The summed E-state index contributed by atoms with van der Waals surface area (Å²) in [6.07, 6.45) is 1.76. The predicted octanol–water partition coefficient (Wildman–Crippen LogP) is 4.29. The van der Waals surface area contributed by atoms with E-state index >= 15 is 0 Å². The summed E-state index contributed by atoms with van der Waals surface area (Å²) >= 11 is 10.2. The average Bonchev–Trinajstić information content (AvgIpc) is 2.86. The summed E-state index contributed by atoms with van der Waals surface area (Å²) < 4.78 is 9.05. The fraction of sp³-hybridized carbons (Fsp3) is 0.600. The smallest absolute Gasteiger partial charge is 0.157 e. The molecule has 1 aromatic rings. The van der Waals surface area contributed by atoms with Gasteiger partial charge < -0.3 is 5.11 Å². The molecule has 3 rings (SSSR count). The van der Waals surface area contributed by atoms with Gasteiger partial charge in [-0.15, -0.1) is 0 Å². The summed E-state index contributed by atoms with van der Waals surface area (Å²) in [6, 6.07) is 0. The standard InChI is InChI=1S/C15H18BrClN2O/c1-14(2,3)12-10(16)11(17)9-13(19-12)18-7-15(9)5-4-8(20)6-15/h7-8,20H,4-6H2,1-3H3/t8-,15+/m1/s1/i7D. The number of rotatable bonds is 0. The van der Waals surface area contributed by atoms with Crippen molar-refractivity contribution >= 4 is 39.5 Å². The first-order valence-corrected chi connectivity index (χ1v) is 7.98. The fourth-order valence-electron chi connectivity index (χ4n) is 3.09. The number of nitrogens with zero attached hydrogens (tertiary/aromatic N) is 2. The Morgan fingerprint density at radius 2 is 2.25 bits per heavy atom. The van der Waals surface area contributed by atoms with E-state index in [-0.39, 0.29) is 11.6 Å². The van der Waals surface area contributed by atoms with Crippen LogP contribution in [0, 0.1) is 0 Å². The second-order valence-corrected chi connectivity index (χ2v) is 7.91. The molecule has 1 N–H and O–H groups in total. The van der Waals surface area contributed by atoms with Crippen molar-refractivity contribution in [2.24, 2.45) is 4.99 Å². The van der Waals surface area contributed by atoms with Crippen molar-refractivity contribution in [3.63, 3.8) is 0 Å². The molecule has 0 bridgehead atoms. The number of aliphatic hydroxyl groups is 1. The van der Waals surface area contributed by atoms with Crippen LogP contribution in [-0.2, 0) is 10.8 Å². The largest absolute Gasteiger partial charge is 0.393 e. The SMILES string of the molecule is [2H]C1=Nc2nc(C(C)(C)C)c(Br)c(Cl)c2[C@]12CC[C@@H](O)C2. The van der Waals surface area contributed by atoms with Crippen LogP contribution in [0.2, 0.25) is 5.02 Å². The molecule has 2 aliphatic rings. The van der Waals surface area contributed by atoms with E-state index in [0.717, 1.165) is 15.7 Å². The highest BCUT2D eigenvalue weighted by Crippen LogP contribution is 2.52. The monoisotopic (exact) mass is 357 g/mol. The summed E-state index contributed by atoms with van der Waals surface area (Å²) in [6.45, 7) is 6.20. The van der Waals surface area contributed by atoms with Crippen LogP contribution in [0.1, 0.15) is 52.7 Å². The highest BCUT2D eigenvalue weighted by molar-refractivity contribution is 9.10. The van der Waals surface area contributed by atoms with Crippen molar-refractivity contribution in [3.8, 4) is 0 Å². The molecule has 3 nitrogen and oxygen atoms in total. The minimum atomic E-state index is -0.558. The molecular formula is C15H18BrClN2O. The highest BCUT2D eigenvalue weighted by Gasteiger charge is 2.46. The zero-order valence-corrected chi connectivity index (χ0v) is 14.1. The van der Waals surface area contributed by atoms with E-state index in [1.807, 2.05) is 0 Å². The number of aliphatic imine (C=N–C) groups is 1. The van der Waals surface area contributed by atoms with Crippen LogP contribution in [0.4, 0.5) is 5.82 Å². The first kappa shape index (κ1) is 13.2. The van der Waals surface area contributed by atoms with Crippen LogP contribution in [-0.4, -0.2) is 22.4 Å². The van der Waals surface area contributed by atoms with Gasteiger partial charge in [-0.2, -0.15) is 0 Å². The molecule has 20 heavy (non-hydrogen) atoms. The second kappa shape index (κ2) is 4.52. The molecule has 0 amide bonds. The summed E-state index contributed by atoms with van der Waals surface area (Å²) in [7, 11) is 0. The van der Waals surface area contributed by atoms with Gasteiger partial charge in [0.05, 0.1) is 22.7 Å². The van der Waals surface area contributed by atoms with Gasteiger partial charge in [0.1, 0.15) is 0 Å². The zero-order chi connectivity index (χ0) is 15.6. The lowest BCUT2D eigenvalue weighted by Gasteiger charge is -2.26. The van der Waals surface area contributed by atoms with Crippen molar-refractivity contribution in [3.05, 3.63) is 20.8 Å². The van der Waals surface area contributed by atoms with Crippen LogP contribution in [0.25, 0.3) is 0 Å². The van der Waals surface area contributed by atoms with Gasteiger partial charge in [0, 0.05) is 22.6 Å². The van der Waals surface area contributed by atoms with Crippen molar-refractivity contribution in [2.45, 2.75) is 57.0 Å².